The van der Waals surface area contributed by atoms with E-state index in [1.54, 1.807) is 41.1 Å². The summed E-state index contributed by atoms with van der Waals surface area (Å²) in [5.74, 6) is -1.66. The molecule has 0 spiro atoms. The number of nitrogens with zero attached hydrogens (tertiary/aromatic N) is 3. The Morgan fingerprint density at radius 1 is 1.09 bits per heavy atom. The summed E-state index contributed by atoms with van der Waals surface area (Å²) in [5, 5.41) is 21.3. The number of hydrogen-bond donors (Lipinski definition) is 2. The molecule has 5 aromatic rings. The number of primary sulfonamides is 1. The van der Waals surface area contributed by atoms with E-state index < -0.39 is 32.5 Å². The lowest BCUT2D eigenvalue weighted by atomic mass is 9.95. The van der Waals surface area contributed by atoms with Gasteiger partial charge >= 0.3 is 5.97 Å². The van der Waals surface area contributed by atoms with Gasteiger partial charge in [0.15, 0.2) is 5.69 Å². The summed E-state index contributed by atoms with van der Waals surface area (Å²) < 4.78 is 60.7. The molecule has 0 saturated heterocycles. The van der Waals surface area contributed by atoms with Crippen molar-refractivity contribution in [2.45, 2.75) is 30.6 Å². The van der Waals surface area contributed by atoms with E-state index in [0.717, 1.165) is 42.0 Å². The fraction of sp³-hybridized carbons (Fsp3) is 0.194. The molecule has 0 aliphatic heterocycles. The highest BCUT2D eigenvalue weighted by atomic mass is 32.2. The lowest BCUT2D eigenvalue weighted by molar-refractivity contribution is 0.0691. The number of carbonyl (C=O) groups is 1. The van der Waals surface area contributed by atoms with Crippen LogP contribution in [0.4, 0.5) is 8.78 Å². The van der Waals surface area contributed by atoms with Crippen molar-refractivity contribution in [3.05, 3.63) is 100 Å². The molecule has 44 heavy (non-hydrogen) atoms. The number of ether oxygens (including phenoxy) is 1. The summed E-state index contributed by atoms with van der Waals surface area (Å²) in [6.45, 7) is 0. The lowest BCUT2D eigenvalue weighted by Gasteiger charge is -2.11. The summed E-state index contributed by atoms with van der Waals surface area (Å²) in [7, 11) is -2.73. The van der Waals surface area contributed by atoms with Gasteiger partial charge in [-0.3, -0.25) is 0 Å². The first-order valence-electron chi connectivity index (χ1n) is 13.6. The number of methoxy groups -OCH3 is 1. The van der Waals surface area contributed by atoms with E-state index in [1.807, 2.05) is 0 Å². The van der Waals surface area contributed by atoms with E-state index in [9.17, 15) is 22.7 Å². The number of carboxylic acids is 1. The molecule has 0 bridgehead atoms. The number of thiazole rings is 1. The van der Waals surface area contributed by atoms with Crippen molar-refractivity contribution in [2.75, 3.05) is 7.11 Å². The van der Waals surface area contributed by atoms with E-state index in [0.29, 0.717) is 56.7 Å². The van der Waals surface area contributed by atoms with Crippen LogP contribution in [0.15, 0.2) is 70.9 Å². The molecule has 0 atom stereocenters. The van der Waals surface area contributed by atoms with Gasteiger partial charge in [-0.25, -0.2) is 36.8 Å². The topological polar surface area (TPSA) is 137 Å². The molecule has 1 aliphatic carbocycles. The van der Waals surface area contributed by atoms with Crippen LogP contribution in [0, 0.1) is 17.6 Å². The average molecular weight is 637 g/mol. The number of hydrogen-bond acceptors (Lipinski definition) is 7. The summed E-state index contributed by atoms with van der Waals surface area (Å²) >= 11 is 1.12. The molecule has 2 aromatic heterocycles. The van der Waals surface area contributed by atoms with Crippen molar-refractivity contribution in [1.82, 2.24) is 14.8 Å². The maximum atomic E-state index is 15.2. The van der Waals surface area contributed by atoms with Gasteiger partial charge in [-0.2, -0.15) is 5.10 Å². The normalized spacial score (nSPS) is 13.3. The maximum absolute atomic E-state index is 15.2. The summed E-state index contributed by atoms with van der Waals surface area (Å²) in [5.41, 5.74) is 3.77. The molecule has 1 saturated carbocycles. The molecule has 0 unspecified atom stereocenters. The molecule has 2 heterocycles. The Kier molecular flexibility index (Phi) is 7.78. The monoisotopic (exact) mass is 636 g/mol. The van der Waals surface area contributed by atoms with Crippen LogP contribution < -0.4 is 9.88 Å². The Bertz CT molecular complexity index is 2020. The minimum atomic E-state index is -4.26. The maximum Gasteiger partial charge on any atom is 0.355 e. The molecule has 3 N–H and O–H groups in total. The highest BCUT2D eigenvalue weighted by molar-refractivity contribution is 7.89. The van der Waals surface area contributed by atoms with Gasteiger partial charge in [0.2, 0.25) is 15.2 Å². The third kappa shape index (κ3) is 5.98. The van der Waals surface area contributed by atoms with E-state index >= 15 is 4.39 Å². The molecule has 3 aromatic carbocycles. The van der Waals surface area contributed by atoms with Gasteiger partial charge in [0, 0.05) is 28.5 Å². The predicted octanol–water partition coefficient (Wildman–Crippen LogP) is 5.84. The van der Waals surface area contributed by atoms with Crippen molar-refractivity contribution in [1.29, 1.82) is 0 Å². The Morgan fingerprint density at radius 2 is 1.89 bits per heavy atom. The fourth-order valence-electron chi connectivity index (χ4n) is 5.10. The van der Waals surface area contributed by atoms with Crippen LogP contribution >= 0.6 is 11.3 Å². The van der Waals surface area contributed by atoms with Crippen molar-refractivity contribution in [2.24, 2.45) is 11.1 Å². The van der Waals surface area contributed by atoms with Crippen LogP contribution in [0.5, 0.6) is 5.75 Å². The Hall–Kier alpha value is -4.46. The summed E-state index contributed by atoms with van der Waals surface area (Å²) in [6.07, 6.45) is 2.77. The van der Waals surface area contributed by atoms with Crippen molar-refractivity contribution >= 4 is 27.3 Å². The molecule has 0 amide bonds. The second kappa shape index (κ2) is 11.6. The third-order valence-corrected chi connectivity index (χ3v) is 9.23. The number of aromatic carboxylic acids is 1. The second-order valence-electron chi connectivity index (χ2n) is 10.6. The summed E-state index contributed by atoms with van der Waals surface area (Å²) in [4.78, 5) is 15.3. The lowest BCUT2D eigenvalue weighted by Crippen LogP contribution is -2.14. The van der Waals surface area contributed by atoms with E-state index in [-0.39, 0.29) is 12.1 Å². The average Bonchev–Trinajstić information content (AvgIpc) is 3.55. The Labute approximate surface area is 255 Å². The number of rotatable bonds is 10. The van der Waals surface area contributed by atoms with E-state index in [4.69, 9.17) is 15.0 Å². The van der Waals surface area contributed by atoms with Gasteiger partial charge in [-0.05, 0) is 78.8 Å². The molecule has 13 heteroatoms. The van der Waals surface area contributed by atoms with Crippen molar-refractivity contribution < 1.29 is 31.8 Å². The first-order chi connectivity index (χ1) is 21.0. The van der Waals surface area contributed by atoms with Crippen molar-refractivity contribution in [3.8, 4) is 33.3 Å². The van der Waals surface area contributed by atoms with Gasteiger partial charge in [-0.1, -0.05) is 18.2 Å². The van der Waals surface area contributed by atoms with Crippen LogP contribution in [0.25, 0.3) is 27.5 Å². The molecular weight excluding hydrogens is 610 g/mol. The third-order valence-electron chi connectivity index (χ3n) is 7.47. The zero-order valence-electron chi connectivity index (χ0n) is 23.3. The minimum Gasteiger partial charge on any atom is -0.497 e. The number of carboxylic acid groups (broad SMARTS) is 1. The van der Waals surface area contributed by atoms with Crippen LogP contribution in [0.2, 0.25) is 0 Å². The Morgan fingerprint density at radius 3 is 2.55 bits per heavy atom. The van der Waals surface area contributed by atoms with E-state index in [1.165, 1.54) is 24.6 Å². The number of sulfonamides is 1. The molecule has 226 valence electrons. The van der Waals surface area contributed by atoms with Crippen LogP contribution in [-0.2, 0) is 22.9 Å². The second-order valence-corrected chi connectivity index (χ2v) is 12.9. The van der Waals surface area contributed by atoms with Gasteiger partial charge in [0.1, 0.15) is 22.3 Å². The predicted molar refractivity (Wildman–Crippen MR) is 161 cm³/mol. The molecule has 0 radical (unpaired) electrons. The molecule has 1 aliphatic rings. The molecule has 1 fully saturated rings. The molecule has 9 nitrogen and oxygen atoms in total. The van der Waals surface area contributed by atoms with Gasteiger partial charge < -0.3 is 9.84 Å². The first kappa shape index (κ1) is 29.6. The Balaban J connectivity index is 1.54. The smallest absolute Gasteiger partial charge is 0.355 e. The van der Waals surface area contributed by atoms with Crippen LogP contribution in [-0.4, -0.2) is 41.4 Å². The molecule has 6 rings (SSSR count). The van der Waals surface area contributed by atoms with E-state index in [2.05, 4.69) is 4.98 Å². The van der Waals surface area contributed by atoms with Gasteiger partial charge in [0.05, 0.1) is 18.5 Å². The number of benzene rings is 3. The standard InChI is InChI=1S/C31H26F2N4O5S2/c1-42-21-4-2-3-19(14-21)22-15-20(8-9-24(22)32)29-23(11-18-7-10-28(25(33)12-18)44(34,40)41)27(13-17-5-6-17)37(36-29)31-35-26(16-43-31)30(38)39/h2-4,7-10,12,14-17H,5-6,11,13H2,1H3,(H,38,39)(H2,34,40,41). The minimum absolute atomic E-state index is 0.122. The van der Waals surface area contributed by atoms with Crippen LogP contribution in [0.1, 0.15) is 40.2 Å². The van der Waals surface area contributed by atoms with Crippen molar-refractivity contribution in [3.63, 3.8) is 0 Å². The first-order valence-corrected chi connectivity index (χ1v) is 16.0. The zero-order valence-corrected chi connectivity index (χ0v) is 25.0. The number of nitrogens with two attached hydrogens (primary N) is 1. The van der Waals surface area contributed by atoms with Gasteiger partial charge in [-0.15, -0.1) is 11.3 Å². The highest BCUT2D eigenvalue weighted by Gasteiger charge is 2.30. The summed E-state index contributed by atoms with van der Waals surface area (Å²) in [6, 6.07) is 15.4. The fourth-order valence-corrected chi connectivity index (χ4v) is 6.46. The highest BCUT2D eigenvalue weighted by Crippen LogP contribution is 2.39. The molecular formula is C31H26F2N4O5S2. The van der Waals surface area contributed by atoms with Crippen LogP contribution in [0.3, 0.4) is 0 Å². The number of aromatic nitrogens is 3. The largest absolute Gasteiger partial charge is 0.497 e. The zero-order chi connectivity index (χ0) is 31.2. The van der Waals surface area contributed by atoms with Gasteiger partial charge in [0.25, 0.3) is 0 Å². The quantitative estimate of drug-likeness (QED) is 0.197. The number of halogens is 2. The SMILES string of the molecule is COc1cccc(-c2cc(-c3nn(-c4nc(C(=O)O)cs4)c(CC4CC4)c3Cc3ccc(S(N)(=O)=O)c(F)c3)ccc2F)c1.